The normalized spacial score (nSPS) is 18.9. The summed E-state index contributed by atoms with van der Waals surface area (Å²) >= 11 is 5.90. The van der Waals surface area contributed by atoms with Gasteiger partial charge in [-0.3, -0.25) is 9.59 Å². The van der Waals surface area contributed by atoms with E-state index in [9.17, 15) is 9.59 Å². The Kier molecular flexibility index (Phi) is 3.95. The molecule has 0 saturated heterocycles. The fourth-order valence-corrected chi connectivity index (χ4v) is 2.63. The zero-order valence-electron chi connectivity index (χ0n) is 11.4. The third-order valence-corrected chi connectivity index (χ3v) is 3.81. The number of carbonyl (C=O) groups excluding carboxylic acids is 2. The van der Waals surface area contributed by atoms with E-state index in [1.54, 1.807) is 6.92 Å². The van der Waals surface area contributed by atoms with Gasteiger partial charge in [0, 0.05) is 5.56 Å². The van der Waals surface area contributed by atoms with Crippen molar-refractivity contribution in [3.05, 3.63) is 28.8 Å². The number of rotatable bonds is 4. The molecule has 3 nitrogen and oxygen atoms in total. The predicted octanol–water partition coefficient (Wildman–Crippen LogP) is 3.50. The van der Waals surface area contributed by atoms with Gasteiger partial charge >= 0.3 is 0 Å². The van der Waals surface area contributed by atoms with Gasteiger partial charge in [-0.2, -0.15) is 0 Å². The van der Waals surface area contributed by atoms with Crippen LogP contribution in [-0.2, 0) is 11.2 Å². The third-order valence-electron chi connectivity index (χ3n) is 3.61. The number of alkyl halides is 1. The summed E-state index contributed by atoms with van der Waals surface area (Å²) in [5, 5.41) is 2.25. The van der Waals surface area contributed by atoms with Gasteiger partial charge in [0.05, 0.1) is 17.0 Å². The molecular weight excluding hydrogens is 262 g/mol. The van der Waals surface area contributed by atoms with Crippen LogP contribution < -0.4 is 5.32 Å². The average Bonchev–Trinajstić information content (AvgIpc) is 2.71. The van der Waals surface area contributed by atoms with Crippen molar-refractivity contribution in [2.45, 2.75) is 44.9 Å². The van der Waals surface area contributed by atoms with Crippen molar-refractivity contribution < 1.29 is 9.59 Å². The first-order valence-corrected chi connectivity index (χ1v) is 7.09. The lowest BCUT2D eigenvalue weighted by Gasteiger charge is -2.12. The minimum absolute atomic E-state index is 0.0259. The lowest BCUT2D eigenvalue weighted by molar-refractivity contribution is -0.117. The molecule has 1 aromatic rings. The Hall–Kier alpha value is -1.35. The first-order chi connectivity index (χ1) is 8.99. The number of ketones is 1. The highest BCUT2D eigenvalue weighted by atomic mass is 35.5. The van der Waals surface area contributed by atoms with Crippen LogP contribution in [0.2, 0.25) is 0 Å². The Morgan fingerprint density at radius 2 is 2.11 bits per heavy atom. The fraction of sp³-hybridized carbons (Fsp3) is 0.467. The molecule has 0 bridgehead atoms. The molecule has 2 atom stereocenters. The summed E-state index contributed by atoms with van der Waals surface area (Å²) in [6.45, 7) is 5.66. The molecule has 2 unspecified atom stereocenters. The van der Waals surface area contributed by atoms with E-state index in [0.29, 0.717) is 11.3 Å². The van der Waals surface area contributed by atoms with Crippen LogP contribution in [0.4, 0.5) is 5.69 Å². The number of hydrogen-bond acceptors (Lipinski definition) is 2. The van der Waals surface area contributed by atoms with Crippen molar-refractivity contribution in [1.82, 2.24) is 0 Å². The van der Waals surface area contributed by atoms with Gasteiger partial charge in [0.2, 0.25) is 5.91 Å². The number of nitrogens with one attached hydrogen (secondary N) is 1. The van der Waals surface area contributed by atoms with E-state index in [4.69, 9.17) is 11.6 Å². The number of halogens is 1. The summed E-state index contributed by atoms with van der Waals surface area (Å²) in [7, 11) is 0. The van der Waals surface area contributed by atoms with E-state index in [2.05, 4.69) is 5.32 Å². The Balaban J connectivity index is 2.60. The summed E-state index contributed by atoms with van der Waals surface area (Å²) < 4.78 is 0. The molecule has 19 heavy (non-hydrogen) atoms. The summed E-state index contributed by atoms with van der Waals surface area (Å²) in [6, 6.07) is 3.87. The van der Waals surface area contributed by atoms with E-state index >= 15 is 0 Å². The van der Waals surface area contributed by atoms with Gasteiger partial charge < -0.3 is 5.32 Å². The molecule has 1 aliphatic heterocycles. The summed E-state index contributed by atoms with van der Waals surface area (Å²) in [6.07, 6.45) is 1.56. The SMILES string of the molecule is CCc1cc(C(=O)C(C)Cl)c2c(c1)C(CC)C(=O)N2. The lowest BCUT2D eigenvalue weighted by atomic mass is 9.92. The maximum atomic E-state index is 12.2. The molecule has 0 radical (unpaired) electrons. The smallest absolute Gasteiger partial charge is 0.232 e. The molecular formula is C15H18ClNO2. The summed E-state index contributed by atoms with van der Waals surface area (Å²) in [4.78, 5) is 24.1. The number of fused-ring (bicyclic) bond motifs is 1. The molecule has 1 aliphatic rings. The topological polar surface area (TPSA) is 46.2 Å². The second-order valence-electron chi connectivity index (χ2n) is 4.89. The largest absolute Gasteiger partial charge is 0.325 e. The number of aryl methyl sites for hydroxylation is 1. The van der Waals surface area contributed by atoms with Gasteiger partial charge in [0.15, 0.2) is 5.78 Å². The van der Waals surface area contributed by atoms with Gasteiger partial charge in [-0.05, 0) is 37.0 Å². The van der Waals surface area contributed by atoms with Crippen LogP contribution in [0.1, 0.15) is 54.6 Å². The Morgan fingerprint density at radius 1 is 1.42 bits per heavy atom. The number of hydrogen-bond donors (Lipinski definition) is 1. The van der Waals surface area contributed by atoms with Crippen molar-refractivity contribution in [3.8, 4) is 0 Å². The molecule has 4 heteroatoms. The lowest BCUT2D eigenvalue weighted by Crippen LogP contribution is -2.14. The van der Waals surface area contributed by atoms with Crippen molar-refractivity contribution in [1.29, 1.82) is 0 Å². The monoisotopic (exact) mass is 279 g/mol. The predicted molar refractivity (Wildman–Crippen MR) is 77.1 cm³/mol. The molecule has 1 aromatic carbocycles. The molecule has 1 amide bonds. The van der Waals surface area contributed by atoms with Gasteiger partial charge in [0.25, 0.3) is 0 Å². The molecule has 0 aromatic heterocycles. The van der Waals surface area contributed by atoms with Crippen molar-refractivity contribution in [2.24, 2.45) is 0 Å². The number of benzene rings is 1. The number of anilines is 1. The van der Waals surface area contributed by atoms with E-state index in [0.717, 1.165) is 24.0 Å². The van der Waals surface area contributed by atoms with Gasteiger partial charge in [-0.15, -0.1) is 11.6 Å². The molecule has 0 spiro atoms. The van der Waals surface area contributed by atoms with Gasteiger partial charge in [-0.25, -0.2) is 0 Å². The van der Waals surface area contributed by atoms with Crippen molar-refractivity contribution in [2.75, 3.05) is 5.32 Å². The first kappa shape index (κ1) is 14.1. The quantitative estimate of drug-likeness (QED) is 0.677. The fourth-order valence-electron chi connectivity index (χ4n) is 2.51. The van der Waals surface area contributed by atoms with Crippen LogP contribution >= 0.6 is 11.6 Å². The first-order valence-electron chi connectivity index (χ1n) is 6.65. The molecule has 0 aliphatic carbocycles. The highest BCUT2D eigenvalue weighted by Gasteiger charge is 2.33. The number of amides is 1. The highest BCUT2D eigenvalue weighted by Crippen LogP contribution is 2.38. The van der Waals surface area contributed by atoms with Crippen LogP contribution in [0.25, 0.3) is 0 Å². The summed E-state index contributed by atoms with van der Waals surface area (Å²) in [5.74, 6) is -0.314. The molecule has 2 rings (SSSR count). The number of carbonyl (C=O) groups is 2. The van der Waals surface area contributed by atoms with E-state index in [1.165, 1.54) is 0 Å². The standard InChI is InChI=1S/C15H18ClNO2/c1-4-9-6-11-10(5-2)15(19)17-13(11)12(7-9)14(18)8(3)16/h6-8,10H,4-5H2,1-3H3,(H,17,19). The van der Waals surface area contributed by atoms with E-state index < -0.39 is 5.38 Å². The molecule has 0 fully saturated rings. The maximum Gasteiger partial charge on any atom is 0.232 e. The Bertz CT molecular complexity index is 537. The Morgan fingerprint density at radius 3 is 2.63 bits per heavy atom. The highest BCUT2D eigenvalue weighted by molar-refractivity contribution is 6.34. The average molecular weight is 280 g/mol. The molecule has 1 heterocycles. The van der Waals surface area contributed by atoms with Gasteiger partial charge in [0.1, 0.15) is 0 Å². The zero-order chi connectivity index (χ0) is 14.2. The molecule has 1 N–H and O–H groups in total. The minimum atomic E-state index is -0.589. The second-order valence-corrected chi connectivity index (χ2v) is 5.55. The van der Waals surface area contributed by atoms with E-state index in [-0.39, 0.29) is 17.6 Å². The summed E-state index contributed by atoms with van der Waals surface area (Å²) in [5.41, 5.74) is 3.20. The second kappa shape index (κ2) is 5.33. The van der Waals surface area contributed by atoms with Crippen LogP contribution in [0.3, 0.4) is 0 Å². The zero-order valence-corrected chi connectivity index (χ0v) is 12.2. The Labute approximate surface area is 118 Å². The van der Waals surface area contributed by atoms with Gasteiger partial charge in [-0.1, -0.05) is 19.9 Å². The molecule has 0 saturated carbocycles. The van der Waals surface area contributed by atoms with Crippen LogP contribution in [0, 0.1) is 0 Å². The van der Waals surface area contributed by atoms with Crippen molar-refractivity contribution >= 4 is 29.0 Å². The number of Topliss-reactive ketones (excluding diaryl/α,β-unsaturated/α-hetero) is 1. The van der Waals surface area contributed by atoms with Crippen LogP contribution in [-0.4, -0.2) is 17.1 Å². The maximum absolute atomic E-state index is 12.2. The van der Waals surface area contributed by atoms with Crippen LogP contribution in [0.5, 0.6) is 0 Å². The van der Waals surface area contributed by atoms with Crippen molar-refractivity contribution in [3.63, 3.8) is 0 Å². The van der Waals surface area contributed by atoms with Crippen LogP contribution in [0.15, 0.2) is 12.1 Å². The minimum Gasteiger partial charge on any atom is -0.325 e. The molecule has 102 valence electrons. The third kappa shape index (κ3) is 2.39. The van der Waals surface area contributed by atoms with E-state index in [1.807, 2.05) is 26.0 Å².